The van der Waals surface area contributed by atoms with Gasteiger partial charge >= 0.3 is 6.18 Å². The number of rotatable bonds is 9. The monoisotopic (exact) mass is 580 g/mol. The molecule has 4 aromatic rings. The first-order valence-corrected chi connectivity index (χ1v) is 13.2. The highest BCUT2D eigenvalue weighted by molar-refractivity contribution is 5.98. The molecule has 3 aromatic heterocycles. The molecule has 2 amide bonds. The Hall–Kier alpha value is -4.97. The summed E-state index contributed by atoms with van der Waals surface area (Å²) in [4.78, 5) is 33.6. The number of benzene rings is 1. The van der Waals surface area contributed by atoms with Crippen molar-refractivity contribution in [3.63, 3.8) is 0 Å². The largest absolute Gasteiger partial charge is 0.435 e. The van der Waals surface area contributed by atoms with Crippen molar-refractivity contribution in [1.82, 2.24) is 40.1 Å². The number of alkyl halides is 3. The fraction of sp³-hybridized carbons (Fsp3) is 0.333. The summed E-state index contributed by atoms with van der Waals surface area (Å²) >= 11 is 0. The molecule has 1 atom stereocenters. The molecule has 4 heterocycles. The molecule has 5 rings (SSSR count). The van der Waals surface area contributed by atoms with E-state index in [2.05, 4.69) is 36.3 Å². The zero-order valence-electron chi connectivity index (χ0n) is 22.5. The van der Waals surface area contributed by atoms with Gasteiger partial charge in [0.15, 0.2) is 17.2 Å². The van der Waals surface area contributed by atoms with Crippen molar-refractivity contribution in [3.8, 4) is 17.3 Å². The summed E-state index contributed by atoms with van der Waals surface area (Å²) in [7, 11) is 0. The number of carbonyl (C=O) groups is 2. The van der Waals surface area contributed by atoms with Crippen LogP contribution >= 0.6 is 0 Å². The number of hydrogen-bond donors (Lipinski definition) is 4. The molecule has 0 bridgehead atoms. The van der Waals surface area contributed by atoms with Crippen molar-refractivity contribution < 1.29 is 22.8 Å². The van der Waals surface area contributed by atoms with E-state index in [1.165, 1.54) is 23.0 Å². The predicted molar refractivity (Wildman–Crippen MR) is 146 cm³/mol. The van der Waals surface area contributed by atoms with E-state index in [4.69, 9.17) is 5.26 Å². The molecule has 12 nitrogen and oxygen atoms in total. The number of carbonyl (C=O) groups excluding carboxylic acids is 2. The number of nitrogens with zero attached hydrogens (tertiary/aromatic N) is 6. The van der Waals surface area contributed by atoms with Gasteiger partial charge in [-0.2, -0.15) is 23.5 Å². The molecular weight excluding hydrogens is 553 g/mol. The first-order chi connectivity index (χ1) is 20.2. The van der Waals surface area contributed by atoms with Crippen LogP contribution in [0.1, 0.15) is 35.0 Å². The maximum Gasteiger partial charge on any atom is 0.435 e. The molecule has 1 aliphatic heterocycles. The van der Waals surface area contributed by atoms with Gasteiger partial charge in [-0.05, 0) is 43.1 Å². The van der Waals surface area contributed by atoms with Crippen LogP contribution in [0.25, 0.3) is 16.9 Å². The molecule has 0 aliphatic carbocycles. The number of aryl methyl sites for hydroxylation is 1. The van der Waals surface area contributed by atoms with Gasteiger partial charge in [-0.1, -0.05) is 6.92 Å². The Morgan fingerprint density at radius 3 is 2.81 bits per heavy atom. The van der Waals surface area contributed by atoms with Gasteiger partial charge in [-0.15, -0.1) is 0 Å². The average molecular weight is 581 g/mol. The van der Waals surface area contributed by atoms with Gasteiger partial charge in [0.05, 0.1) is 30.1 Å². The summed E-state index contributed by atoms with van der Waals surface area (Å²) in [5.41, 5.74) is 0.756. The lowest BCUT2D eigenvalue weighted by atomic mass is 10.0. The van der Waals surface area contributed by atoms with Crippen LogP contribution in [0.2, 0.25) is 0 Å². The van der Waals surface area contributed by atoms with Crippen molar-refractivity contribution in [1.29, 1.82) is 5.26 Å². The molecule has 15 heteroatoms. The zero-order valence-corrected chi connectivity index (χ0v) is 22.5. The molecule has 0 unspecified atom stereocenters. The summed E-state index contributed by atoms with van der Waals surface area (Å²) in [5.74, 6) is -0.362. The number of amides is 2. The number of hydrogen-bond acceptors (Lipinski definition) is 8. The summed E-state index contributed by atoms with van der Waals surface area (Å²) in [5, 5.41) is 24.3. The summed E-state index contributed by atoms with van der Waals surface area (Å²) in [6.07, 6.45) is 1.98. The van der Waals surface area contributed by atoms with E-state index in [0.29, 0.717) is 29.8 Å². The highest BCUT2D eigenvalue weighted by Gasteiger charge is 2.38. The fourth-order valence-corrected chi connectivity index (χ4v) is 4.81. The molecule has 4 N–H and O–H groups in total. The topological polar surface area (TPSA) is 154 Å². The molecule has 1 saturated heterocycles. The second-order valence-electron chi connectivity index (χ2n) is 9.65. The fourth-order valence-electron chi connectivity index (χ4n) is 4.81. The Morgan fingerprint density at radius 1 is 1.26 bits per heavy atom. The third kappa shape index (κ3) is 6.03. The van der Waals surface area contributed by atoms with Crippen molar-refractivity contribution >= 4 is 29.0 Å². The lowest BCUT2D eigenvalue weighted by molar-refractivity contribution is -0.141. The average Bonchev–Trinajstić information content (AvgIpc) is 3.72. The van der Waals surface area contributed by atoms with Crippen molar-refractivity contribution in [2.24, 2.45) is 0 Å². The third-order valence-corrected chi connectivity index (χ3v) is 6.80. The van der Waals surface area contributed by atoms with Gasteiger partial charge in [0.1, 0.15) is 6.54 Å². The summed E-state index contributed by atoms with van der Waals surface area (Å²) in [6.45, 7) is 2.96. The Kier molecular flexibility index (Phi) is 8.07. The van der Waals surface area contributed by atoms with Gasteiger partial charge in [-0.3, -0.25) is 18.7 Å². The maximum absolute atomic E-state index is 13.7. The first kappa shape index (κ1) is 28.6. The quantitative estimate of drug-likeness (QED) is 0.236. The second-order valence-corrected chi connectivity index (χ2v) is 9.65. The number of anilines is 2. The lowest BCUT2D eigenvalue weighted by Gasteiger charge is -2.14. The summed E-state index contributed by atoms with van der Waals surface area (Å²) in [6, 6.07) is 6.91. The number of fused-ring (bicyclic) bond motifs is 1. The van der Waals surface area contributed by atoms with E-state index in [0.717, 1.165) is 23.8 Å². The van der Waals surface area contributed by atoms with E-state index in [9.17, 15) is 22.8 Å². The van der Waals surface area contributed by atoms with Crippen LogP contribution in [0.5, 0.6) is 0 Å². The standard InChI is InChI=1S/C27H27F3N10O2/c1-2-16-11-17(3-4-19(16)26(42)35-14-22(41)36-18-5-7-32-12-18)37-24-25-34-13-21(40(25)10-8-33-24)20-15-39(9-6-31)38-23(20)27(28,29)30/h3-4,8,10-11,13,15,18,32H,2,5,7,9,12,14H2,1H3,(H,33,37)(H,35,42)(H,36,41)/t18-/m1/s1. The number of imidazole rings is 1. The maximum atomic E-state index is 13.7. The van der Waals surface area contributed by atoms with Crippen molar-refractivity contribution in [2.45, 2.75) is 38.5 Å². The van der Waals surface area contributed by atoms with Gasteiger partial charge in [0.25, 0.3) is 5.91 Å². The summed E-state index contributed by atoms with van der Waals surface area (Å²) < 4.78 is 43.6. The second kappa shape index (κ2) is 11.9. The van der Waals surface area contributed by atoms with E-state index in [-0.39, 0.29) is 53.7 Å². The Morgan fingerprint density at radius 2 is 2.10 bits per heavy atom. The van der Waals surface area contributed by atoms with Gasteiger partial charge in [-0.25, -0.2) is 9.97 Å². The first-order valence-electron chi connectivity index (χ1n) is 13.2. The van der Waals surface area contributed by atoms with Crippen LogP contribution in [0.15, 0.2) is 43.0 Å². The van der Waals surface area contributed by atoms with Crippen LogP contribution in [-0.2, 0) is 23.9 Å². The molecule has 0 saturated carbocycles. The molecule has 0 radical (unpaired) electrons. The molecule has 42 heavy (non-hydrogen) atoms. The van der Waals surface area contributed by atoms with Crippen LogP contribution in [0, 0.1) is 11.3 Å². The SMILES string of the molecule is CCc1cc(Nc2nccn3c(-c4cn(CC#N)nc4C(F)(F)F)cnc23)ccc1C(=O)NCC(=O)N[C@@H]1CCNC1. The highest BCUT2D eigenvalue weighted by atomic mass is 19.4. The van der Waals surface area contributed by atoms with Gasteiger partial charge in [0.2, 0.25) is 5.91 Å². The highest BCUT2D eigenvalue weighted by Crippen LogP contribution is 2.37. The van der Waals surface area contributed by atoms with Crippen molar-refractivity contribution in [2.75, 3.05) is 25.0 Å². The minimum Gasteiger partial charge on any atom is -0.351 e. The number of halogens is 3. The molecule has 1 aliphatic rings. The molecular formula is C27H27F3N10O2. The van der Waals surface area contributed by atoms with Crippen LogP contribution < -0.4 is 21.3 Å². The lowest BCUT2D eigenvalue weighted by Crippen LogP contribution is -2.42. The molecule has 1 fully saturated rings. The van der Waals surface area contributed by atoms with Crippen LogP contribution in [-0.4, -0.2) is 61.6 Å². The van der Waals surface area contributed by atoms with Gasteiger partial charge < -0.3 is 21.3 Å². The number of aromatic nitrogens is 5. The van der Waals surface area contributed by atoms with Crippen LogP contribution in [0.4, 0.5) is 24.7 Å². The van der Waals surface area contributed by atoms with Crippen LogP contribution in [0.3, 0.4) is 0 Å². The number of nitrogens with one attached hydrogen (secondary N) is 4. The zero-order chi connectivity index (χ0) is 29.9. The van der Waals surface area contributed by atoms with E-state index in [1.54, 1.807) is 24.3 Å². The normalized spacial score (nSPS) is 15.0. The third-order valence-electron chi connectivity index (χ3n) is 6.80. The Labute approximate surface area is 237 Å². The predicted octanol–water partition coefficient (Wildman–Crippen LogP) is 2.65. The Bertz CT molecular complexity index is 1660. The minimum absolute atomic E-state index is 0.0585. The Balaban J connectivity index is 1.35. The van der Waals surface area contributed by atoms with Crippen molar-refractivity contribution in [3.05, 3.63) is 59.8 Å². The van der Waals surface area contributed by atoms with E-state index >= 15 is 0 Å². The molecule has 0 spiro atoms. The number of nitriles is 1. The van der Waals surface area contributed by atoms with Gasteiger partial charge in [0, 0.05) is 42.4 Å². The van der Waals surface area contributed by atoms with E-state index < -0.39 is 11.9 Å². The molecule has 1 aromatic carbocycles. The smallest absolute Gasteiger partial charge is 0.351 e. The minimum atomic E-state index is -4.74. The molecule has 218 valence electrons. The van der Waals surface area contributed by atoms with E-state index in [1.807, 2.05) is 6.92 Å².